The summed E-state index contributed by atoms with van der Waals surface area (Å²) in [6.07, 6.45) is 0.518. The van der Waals surface area contributed by atoms with Crippen molar-refractivity contribution >= 4 is 35.1 Å². The Bertz CT molecular complexity index is 611. The molecule has 2 nitrogen and oxygen atoms in total. The minimum atomic E-state index is 0.0729. The Hall–Kier alpha value is -1.39. The van der Waals surface area contributed by atoms with Crippen LogP contribution < -0.4 is 5.32 Å². The van der Waals surface area contributed by atoms with Crippen LogP contribution in [0.2, 0.25) is 0 Å². The van der Waals surface area contributed by atoms with E-state index in [0.29, 0.717) is 6.42 Å². The first-order valence-corrected chi connectivity index (χ1v) is 9.37. The highest BCUT2D eigenvalue weighted by Crippen LogP contribution is 2.27. The lowest BCUT2D eigenvalue weighted by Gasteiger charge is -2.10. The Morgan fingerprint density at radius 1 is 1.05 bits per heavy atom. The molecule has 0 saturated heterocycles. The maximum absolute atomic E-state index is 12.1. The Morgan fingerprint density at radius 2 is 1.77 bits per heavy atom. The molecule has 0 aliphatic rings. The van der Waals surface area contributed by atoms with Gasteiger partial charge in [-0.3, -0.25) is 4.79 Å². The standard InChI is InChI=1S/C18H21NOS2/c1-3-21-17-7-5-4-6-16(17)19-18(20)12-13-22-15-10-8-14(2)9-11-15/h4-11H,3,12-13H2,1-2H3,(H,19,20). The Balaban J connectivity index is 1.82. The van der Waals surface area contributed by atoms with E-state index in [4.69, 9.17) is 0 Å². The van der Waals surface area contributed by atoms with E-state index in [-0.39, 0.29) is 5.91 Å². The number of benzene rings is 2. The van der Waals surface area contributed by atoms with Crippen LogP contribution in [0, 0.1) is 6.92 Å². The summed E-state index contributed by atoms with van der Waals surface area (Å²) in [5.74, 6) is 1.86. The molecule has 0 bridgehead atoms. The van der Waals surface area contributed by atoms with E-state index in [0.717, 1.165) is 22.1 Å². The first-order chi connectivity index (χ1) is 10.7. The van der Waals surface area contributed by atoms with E-state index in [2.05, 4.69) is 43.4 Å². The van der Waals surface area contributed by atoms with Crippen LogP contribution in [0.3, 0.4) is 0 Å². The average molecular weight is 332 g/mol. The SMILES string of the molecule is CCSc1ccccc1NC(=O)CCSc1ccc(C)cc1. The zero-order valence-corrected chi connectivity index (χ0v) is 14.6. The quantitative estimate of drug-likeness (QED) is 0.705. The van der Waals surface area contributed by atoms with Gasteiger partial charge in [-0.05, 0) is 36.9 Å². The number of hydrogen-bond donors (Lipinski definition) is 1. The topological polar surface area (TPSA) is 29.1 Å². The first kappa shape index (κ1) is 17.0. The number of carbonyl (C=O) groups is 1. The van der Waals surface area contributed by atoms with Gasteiger partial charge >= 0.3 is 0 Å². The summed E-state index contributed by atoms with van der Waals surface area (Å²) in [5, 5.41) is 3.02. The largest absolute Gasteiger partial charge is 0.325 e. The van der Waals surface area contributed by atoms with Crippen molar-refractivity contribution in [3.8, 4) is 0 Å². The van der Waals surface area contributed by atoms with Crippen LogP contribution in [-0.4, -0.2) is 17.4 Å². The van der Waals surface area contributed by atoms with Gasteiger partial charge in [-0.1, -0.05) is 36.8 Å². The van der Waals surface area contributed by atoms with Gasteiger partial charge in [0.05, 0.1) is 5.69 Å². The van der Waals surface area contributed by atoms with Crippen molar-refractivity contribution in [3.05, 3.63) is 54.1 Å². The van der Waals surface area contributed by atoms with E-state index >= 15 is 0 Å². The predicted molar refractivity (Wildman–Crippen MR) is 98.0 cm³/mol. The lowest BCUT2D eigenvalue weighted by Crippen LogP contribution is -2.12. The van der Waals surface area contributed by atoms with Gasteiger partial charge in [0.25, 0.3) is 0 Å². The molecule has 1 amide bonds. The summed E-state index contributed by atoms with van der Waals surface area (Å²) in [6.45, 7) is 4.19. The zero-order valence-electron chi connectivity index (χ0n) is 13.0. The minimum Gasteiger partial charge on any atom is -0.325 e. The molecule has 116 valence electrons. The summed E-state index contributed by atoms with van der Waals surface area (Å²) >= 11 is 3.46. The summed E-state index contributed by atoms with van der Waals surface area (Å²) in [6, 6.07) is 16.4. The molecule has 0 aliphatic heterocycles. The predicted octanol–water partition coefficient (Wildman–Crippen LogP) is 5.23. The number of para-hydroxylation sites is 1. The fraction of sp³-hybridized carbons (Fsp3) is 0.278. The van der Waals surface area contributed by atoms with Gasteiger partial charge in [-0.25, -0.2) is 0 Å². The van der Waals surface area contributed by atoms with Crippen LogP contribution in [0.5, 0.6) is 0 Å². The number of anilines is 1. The number of nitrogens with one attached hydrogen (secondary N) is 1. The molecule has 0 fully saturated rings. The molecule has 0 unspecified atom stereocenters. The number of carbonyl (C=O) groups excluding carboxylic acids is 1. The highest BCUT2D eigenvalue weighted by molar-refractivity contribution is 7.99. The van der Waals surface area contributed by atoms with E-state index < -0.39 is 0 Å². The number of amides is 1. The smallest absolute Gasteiger partial charge is 0.225 e. The molecule has 2 aromatic carbocycles. The molecular weight excluding hydrogens is 310 g/mol. The highest BCUT2D eigenvalue weighted by atomic mass is 32.2. The van der Waals surface area contributed by atoms with Crippen molar-refractivity contribution in [2.45, 2.75) is 30.1 Å². The normalized spacial score (nSPS) is 10.5. The molecule has 0 aliphatic carbocycles. The van der Waals surface area contributed by atoms with Crippen LogP contribution in [0.15, 0.2) is 58.3 Å². The molecule has 0 spiro atoms. The Labute approximate surface area is 141 Å². The van der Waals surface area contributed by atoms with Gasteiger partial charge in [0.1, 0.15) is 0 Å². The van der Waals surface area contributed by atoms with Crippen molar-refractivity contribution < 1.29 is 4.79 Å². The van der Waals surface area contributed by atoms with Crippen molar-refractivity contribution in [1.82, 2.24) is 0 Å². The monoisotopic (exact) mass is 331 g/mol. The second-order valence-corrected chi connectivity index (χ2v) is 7.36. The van der Waals surface area contributed by atoms with Crippen molar-refractivity contribution in [2.24, 2.45) is 0 Å². The van der Waals surface area contributed by atoms with Gasteiger partial charge in [0.2, 0.25) is 5.91 Å². The molecule has 0 heterocycles. The van der Waals surface area contributed by atoms with Crippen molar-refractivity contribution in [3.63, 3.8) is 0 Å². The van der Waals surface area contributed by atoms with E-state index in [1.165, 1.54) is 10.5 Å². The number of aryl methyl sites for hydroxylation is 1. The zero-order chi connectivity index (χ0) is 15.8. The van der Waals surface area contributed by atoms with Gasteiger partial charge in [-0.15, -0.1) is 23.5 Å². The van der Waals surface area contributed by atoms with Gasteiger partial charge in [-0.2, -0.15) is 0 Å². The number of hydrogen-bond acceptors (Lipinski definition) is 3. The lowest BCUT2D eigenvalue weighted by atomic mass is 10.2. The Kier molecular flexibility index (Phi) is 6.87. The molecule has 0 radical (unpaired) electrons. The van der Waals surface area contributed by atoms with E-state index in [1.54, 1.807) is 23.5 Å². The van der Waals surface area contributed by atoms with Gasteiger partial charge < -0.3 is 5.32 Å². The molecule has 0 saturated carbocycles. The van der Waals surface area contributed by atoms with Crippen LogP contribution >= 0.6 is 23.5 Å². The third-order valence-electron chi connectivity index (χ3n) is 3.08. The molecule has 2 rings (SSSR count). The van der Waals surface area contributed by atoms with Crippen molar-refractivity contribution in [2.75, 3.05) is 16.8 Å². The van der Waals surface area contributed by atoms with Gasteiger partial charge in [0.15, 0.2) is 0 Å². The van der Waals surface area contributed by atoms with Gasteiger partial charge in [0, 0.05) is 22.0 Å². The number of thioether (sulfide) groups is 2. The average Bonchev–Trinajstić information content (AvgIpc) is 2.51. The van der Waals surface area contributed by atoms with E-state index in [9.17, 15) is 4.79 Å². The molecule has 22 heavy (non-hydrogen) atoms. The van der Waals surface area contributed by atoms with Crippen LogP contribution in [0.4, 0.5) is 5.69 Å². The highest BCUT2D eigenvalue weighted by Gasteiger charge is 2.06. The maximum atomic E-state index is 12.1. The first-order valence-electron chi connectivity index (χ1n) is 7.40. The molecule has 2 aromatic rings. The molecular formula is C18H21NOS2. The second-order valence-electron chi connectivity index (χ2n) is 4.89. The second kappa shape index (κ2) is 8.91. The van der Waals surface area contributed by atoms with Crippen LogP contribution in [-0.2, 0) is 4.79 Å². The Morgan fingerprint density at radius 3 is 2.50 bits per heavy atom. The summed E-state index contributed by atoms with van der Waals surface area (Å²) in [4.78, 5) is 14.4. The van der Waals surface area contributed by atoms with Crippen LogP contribution in [0.1, 0.15) is 18.9 Å². The number of rotatable bonds is 7. The summed E-state index contributed by atoms with van der Waals surface area (Å²) in [5.41, 5.74) is 2.17. The minimum absolute atomic E-state index is 0.0729. The fourth-order valence-electron chi connectivity index (χ4n) is 1.96. The summed E-state index contributed by atoms with van der Waals surface area (Å²) in [7, 11) is 0. The molecule has 0 atom stereocenters. The molecule has 4 heteroatoms. The maximum Gasteiger partial charge on any atom is 0.225 e. The molecule has 1 N–H and O–H groups in total. The van der Waals surface area contributed by atoms with Crippen molar-refractivity contribution in [1.29, 1.82) is 0 Å². The lowest BCUT2D eigenvalue weighted by molar-refractivity contribution is -0.115. The van der Waals surface area contributed by atoms with E-state index in [1.807, 2.05) is 24.3 Å². The third-order valence-corrected chi connectivity index (χ3v) is 5.05. The van der Waals surface area contributed by atoms with Crippen LogP contribution in [0.25, 0.3) is 0 Å². The third kappa shape index (κ3) is 5.43. The molecule has 0 aromatic heterocycles. The summed E-state index contributed by atoms with van der Waals surface area (Å²) < 4.78 is 0. The fourth-order valence-corrected chi connectivity index (χ4v) is 3.57.